The van der Waals surface area contributed by atoms with Crippen LogP contribution in [0.2, 0.25) is 0 Å². The van der Waals surface area contributed by atoms with Crippen LogP contribution < -0.4 is 0 Å². The molecule has 3 rings (SSSR count). The van der Waals surface area contributed by atoms with Gasteiger partial charge < -0.3 is 14.7 Å². The van der Waals surface area contributed by atoms with Gasteiger partial charge in [-0.2, -0.15) is 0 Å². The summed E-state index contributed by atoms with van der Waals surface area (Å²) in [7, 11) is 0. The maximum absolute atomic E-state index is 12.7. The van der Waals surface area contributed by atoms with Gasteiger partial charge in [-0.25, -0.2) is 0 Å². The highest BCUT2D eigenvalue weighted by Crippen LogP contribution is 2.45. The number of ether oxygens (including phenoxy) is 1. The van der Waals surface area contributed by atoms with Crippen LogP contribution in [0.25, 0.3) is 0 Å². The third-order valence-electron chi connectivity index (χ3n) is 3.95. The third-order valence-corrected chi connectivity index (χ3v) is 7.05. The van der Waals surface area contributed by atoms with E-state index in [9.17, 15) is 9.59 Å². The molecular weight excluding hydrogens is 334 g/mol. The normalized spacial score (nSPS) is 22.3. The van der Waals surface area contributed by atoms with Crippen molar-refractivity contribution in [2.75, 3.05) is 31.3 Å². The van der Waals surface area contributed by atoms with Gasteiger partial charge >= 0.3 is 5.97 Å². The van der Waals surface area contributed by atoms with Crippen molar-refractivity contribution in [2.24, 2.45) is 0 Å². The van der Waals surface area contributed by atoms with Gasteiger partial charge in [0.2, 0.25) is 0 Å². The number of aliphatic carboxylic acids is 1. The summed E-state index contributed by atoms with van der Waals surface area (Å²) in [5.41, 5.74) is 1.84. The molecule has 2 saturated heterocycles. The number of hydrogen-bond acceptors (Lipinski definition) is 5. The minimum absolute atomic E-state index is 0.0841. The van der Waals surface area contributed by atoms with Gasteiger partial charge in [0.1, 0.15) is 0 Å². The topological polar surface area (TPSA) is 66.8 Å². The largest absolute Gasteiger partial charge is 0.481 e. The Morgan fingerprint density at radius 1 is 1.22 bits per heavy atom. The van der Waals surface area contributed by atoms with Crippen molar-refractivity contribution >= 4 is 35.4 Å². The molecule has 23 heavy (non-hydrogen) atoms. The SMILES string of the molecule is O=C(O)CC1COCCN1C(=O)c1ccc(C2SCCS2)cc1. The maximum atomic E-state index is 12.7. The summed E-state index contributed by atoms with van der Waals surface area (Å²) in [6, 6.07) is 7.33. The number of hydrogen-bond donors (Lipinski definition) is 1. The molecule has 2 aliphatic heterocycles. The van der Waals surface area contributed by atoms with E-state index in [-0.39, 0.29) is 18.9 Å². The Labute approximate surface area is 143 Å². The van der Waals surface area contributed by atoms with E-state index in [2.05, 4.69) is 0 Å². The van der Waals surface area contributed by atoms with Gasteiger partial charge in [0.25, 0.3) is 5.91 Å². The molecule has 0 aromatic heterocycles. The molecule has 0 radical (unpaired) electrons. The van der Waals surface area contributed by atoms with Gasteiger partial charge in [-0.15, -0.1) is 23.5 Å². The monoisotopic (exact) mass is 353 g/mol. The van der Waals surface area contributed by atoms with E-state index in [1.165, 1.54) is 17.1 Å². The Morgan fingerprint density at radius 2 is 1.91 bits per heavy atom. The molecule has 1 aromatic carbocycles. The standard InChI is InChI=1S/C16H19NO4S2/c18-14(19)9-13-10-21-6-5-17(13)15(20)11-1-3-12(4-2-11)16-22-7-8-23-16/h1-4,13,16H,5-10H2,(H,18,19). The first-order valence-electron chi connectivity index (χ1n) is 7.59. The summed E-state index contributed by atoms with van der Waals surface area (Å²) in [5.74, 6) is 1.31. The maximum Gasteiger partial charge on any atom is 0.305 e. The van der Waals surface area contributed by atoms with Crippen LogP contribution in [-0.2, 0) is 9.53 Å². The second kappa shape index (κ2) is 7.59. The van der Waals surface area contributed by atoms with Crippen molar-refractivity contribution in [1.82, 2.24) is 4.90 Å². The summed E-state index contributed by atoms with van der Waals surface area (Å²) >= 11 is 3.86. The Kier molecular flexibility index (Phi) is 5.50. The molecule has 0 bridgehead atoms. The van der Waals surface area contributed by atoms with E-state index >= 15 is 0 Å². The second-order valence-electron chi connectivity index (χ2n) is 5.52. The number of nitrogens with zero attached hydrogens (tertiary/aromatic N) is 1. The number of morpholine rings is 1. The van der Waals surface area contributed by atoms with Crippen molar-refractivity contribution in [1.29, 1.82) is 0 Å². The first-order valence-corrected chi connectivity index (χ1v) is 9.68. The number of carboxylic acids is 1. The van der Waals surface area contributed by atoms with Crippen molar-refractivity contribution in [2.45, 2.75) is 17.0 Å². The average molecular weight is 353 g/mol. The second-order valence-corrected chi connectivity index (χ2v) is 8.25. The molecule has 1 amide bonds. The lowest BCUT2D eigenvalue weighted by Crippen LogP contribution is -2.49. The summed E-state index contributed by atoms with van der Waals surface area (Å²) in [6.07, 6.45) is -0.0841. The van der Waals surface area contributed by atoms with Crippen molar-refractivity contribution < 1.29 is 19.4 Å². The number of benzene rings is 1. The van der Waals surface area contributed by atoms with Gasteiger partial charge in [0, 0.05) is 23.6 Å². The summed E-state index contributed by atoms with van der Waals surface area (Å²) < 4.78 is 5.78. The Bertz CT molecular complexity index is 572. The zero-order chi connectivity index (χ0) is 16.2. The van der Waals surface area contributed by atoms with Crippen LogP contribution in [0.3, 0.4) is 0 Å². The molecule has 0 spiro atoms. The van der Waals surface area contributed by atoms with Crippen LogP contribution in [0.4, 0.5) is 0 Å². The minimum Gasteiger partial charge on any atom is -0.481 e. The number of rotatable bonds is 4. The van der Waals surface area contributed by atoms with Crippen molar-refractivity contribution in [3.63, 3.8) is 0 Å². The van der Waals surface area contributed by atoms with Crippen LogP contribution in [-0.4, -0.2) is 59.2 Å². The Morgan fingerprint density at radius 3 is 2.57 bits per heavy atom. The molecule has 1 unspecified atom stereocenters. The van der Waals surface area contributed by atoms with Gasteiger partial charge in [0.15, 0.2) is 0 Å². The highest BCUT2D eigenvalue weighted by atomic mass is 32.2. The van der Waals surface area contributed by atoms with E-state index in [0.29, 0.717) is 23.3 Å². The highest BCUT2D eigenvalue weighted by Gasteiger charge is 2.30. The Hall–Kier alpha value is -1.18. The molecule has 2 aliphatic rings. The Balaban J connectivity index is 1.71. The molecule has 2 heterocycles. The van der Waals surface area contributed by atoms with E-state index in [1.54, 1.807) is 4.90 Å². The van der Waals surface area contributed by atoms with Crippen molar-refractivity contribution in [3.8, 4) is 0 Å². The molecular formula is C16H19NO4S2. The van der Waals surface area contributed by atoms with Crippen LogP contribution >= 0.6 is 23.5 Å². The molecule has 124 valence electrons. The molecule has 1 atom stereocenters. The number of amides is 1. The van der Waals surface area contributed by atoms with Crippen LogP contribution in [0.15, 0.2) is 24.3 Å². The zero-order valence-electron chi connectivity index (χ0n) is 12.6. The molecule has 7 heteroatoms. The fourth-order valence-electron chi connectivity index (χ4n) is 2.79. The van der Waals surface area contributed by atoms with Crippen LogP contribution in [0.1, 0.15) is 26.9 Å². The van der Waals surface area contributed by atoms with Crippen LogP contribution in [0, 0.1) is 0 Å². The molecule has 1 N–H and O–H groups in total. The zero-order valence-corrected chi connectivity index (χ0v) is 14.3. The number of thioether (sulfide) groups is 2. The van der Waals surface area contributed by atoms with E-state index in [0.717, 1.165) is 0 Å². The number of carbonyl (C=O) groups excluding carboxylic acids is 1. The highest BCUT2D eigenvalue weighted by molar-refractivity contribution is 8.19. The third kappa shape index (κ3) is 4.02. The first-order chi connectivity index (χ1) is 11.1. The van der Waals surface area contributed by atoms with Gasteiger partial charge in [0.05, 0.1) is 30.3 Å². The summed E-state index contributed by atoms with van der Waals surface area (Å²) in [6.45, 7) is 1.17. The molecule has 1 aromatic rings. The number of carboxylic acid groups (broad SMARTS) is 1. The fraction of sp³-hybridized carbons (Fsp3) is 0.500. The molecule has 5 nitrogen and oxygen atoms in total. The molecule has 0 aliphatic carbocycles. The van der Waals surface area contributed by atoms with E-state index in [4.69, 9.17) is 9.84 Å². The number of carbonyl (C=O) groups is 2. The van der Waals surface area contributed by atoms with E-state index < -0.39 is 12.0 Å². The van der Waals surface area contributed by atoms with Crippen molar-refractivity contribution in [3.05, 3.63) is 35.4 Å². The quantitative estimate of drug-likeness (QED) is 0.897. The fourth-order valence-corrected chi connectivity index (χ4v) is 5.65. The first kappa shape index (κ1) is 16.7. The summed E-state index contributed by atoms with van der Waals surface area (Å²) in [4.78, 5) is 25.3. The minimum atomic E-state index is -0.913. The van der Waals surface area contributed by atoms with E-state index in [1.807, 2.05) is 47.8 Å². The smallest absolute Gasteiger partial charge is 0.305 e. The lowest BCUT2D eigenvalue weighted by molar-refractivity contribution is -0.139. The predicted octanol–water partition coefficient (Wildman–Crippen LogP) is 2.48. The van der Waals surface area contributed by atoms with Gasteiger partial charge in [-0.05, 0) is 17.7 Å². The summed E-state index contributed by atoms with van der Waals surface area (Å²) in [5, 5.41) is 9.00. The predicted molar refractivity (Wildman–Crippen MR) is 92.0 cm³/mol. The lowest BCUT2D eigenvalue weighted by atomic mass is 10.1. The lowest BCUT2D eigenvalue weighted by Gasteiger charge is -2.35. The van der Waals surface area contributed by atoms with Gasteiger partial charge in [-0.3, -0.25) is 9.59 Å². The average Bonchev–Trinajstić information content (AvgIpc) is 3.09. The molecule has 0 saturated carbocycles. The van der Waals surface area contributed by atoms with Crippen LogP contribution in [0.5, 0.6) is 0 Å². The molecule has 2 fully saturated rings. The van der Waals surface area contributed by atoms with Gasteiger partial charge in [-0.1, -0.05) is 12.1 Å².